The first-order valence-corrected chi connectivity index (χ1v) is 8.58. The Morgan fingerprint density at radius 3 is 2.36 bits per heavy atom. The van der Waals surface area contributed by atoms with Gasteiger partial charge in [0.05, 0.1) is 11.3 Å². The van der Waals surface area contributed by atoms with Gasteiger partial charge in [0.15, 0.2) is 6.61 Å². The van der Waals surface area contributed by atoms with Crippen molar-refractivity contribution in [2.24, 2.45) is 0 Å². The molecule has 8 heteroatoms. The van der Waals surface area contributed by atoms with Crippen LogP contribution in [0.3, 0.4) is 0 Å². The van der Waals surface area contributed by atoms with Crippen LogP contribution in [0.15, 0.2) is 42.5 Å². The molecule has 28 heavy (non-hydrogen) atoms. The molecular weight excluding hydrogens is 373 g/mol. The quantitative estimate of drug-likeness (QED) is 0.739. The van der Waals surface area contributed by atoms with E-state index in [1.807, 2.05) is 26.0 Å². The summed E-state index contributed by atoms with van der Waals surface area (Å²) in [7, 11) is 0. The maximum Gasteiger partial charge on any atom is 0.418 e. The van der Waals surface area contributed by atoms with E-state index in [0.717, 1.165) is 17.7 Å². The summed E-state index contributed by atoms with van der Waals surface area (Å²) in [6, 6.07) is 10.3. The van der Waals surface area contributed by atoms with E-state index >= 15 is 0 Å². The summed E-state index contributed by atoms with van der Waals surface area (Å²) in [5, 5.41) is 4.50. The lowest BCUT2D eigenvalue weighted by Crippen LogP contribution is -2.23. The van der Waals surface area contributed by atoms with E-state index in [2.05, 4.69) is 10.6 Å². The van der Waals surface area contributed by atoms with Crippen molar-refractivity contribution in [3.63, 3.8) is 0 Å². The normalized spacial score (nSPS) is 11.2. The molecule has 0 aromatic heterocycles. The number of benzene rings is 2. The van der Waals surface area contributed by atoms with Crippen molar-refractivity contribution in [3.05, 3.63) is 53.6 Å². The number of carbonyl (C=O) groups excluding carboxylic acids is 2. The molecule has 0 radical (unpaired) electrons. The Hall–Kier alpha value is -3.03. The van der Waals surface area contributed by atoms with Crippen LogP contribution in [0.25, 0.3) is 0 Å². The Morgan fingerprint density at radius 2 is 1.75 bits per heavy atom. The summed E-state index contributed by atoms with van der Waals surface area (Å²) in [4.78, 5) is 23.2. The van der Waals surface area contributed by atoms with Gasteiger partial charge in [-0.05, 0) is 35.7 Å². The van der Waals surface area contributed by atoms with Crippen molar-refractivity contribution in [2.45, 2.75) is 32.9 Å². The highest BCUT2D eigenvalue weighted by molar-refractivity contribution is 5.94. The first-order valence-electron chi connectivity index (χ1n) is 8.58. The Morgan fingerprint density at radius 1 is 1.07 bits per heavy atom. The molecule has 2 rings (SSSR count). The second-order valence-electron chi connectivity index (χ2n) is 6.47. The second kappa shape index (κ2) is 8.77. The number of amides is 2. The molecule has 0 heterocycles. The van der Waals surface area contributed by atoms with Crippen molar-refractivity contribution in [1.82, 2.24) is 0 Å². The van der Waals surface area contributed by atoms with E-state index in [1.54, 1.807) is 12.1 Å². The number of anilines is 2. The van der Waals surface area contributed by atoms with E-state index in [0.29, 0.717) is 5.75 Å². The molecule has 0 bridgehead atoms. The predicted octanol–water partition coefficient (Wildman–Crippen LogP) is 4.80. The number of rotatable bonds is 6. The SMILES string of the molecule is CC(=O)Nc1ccc(NC(=O)COc2ccccc2C(C)C)c(C(F)(F)F)c1. The molecule has 0 aliphatic carbocycles. The Labute approximate surface area is 160 Å². The number of nitrogens with one attached hydrogen (secondary N) is 2. The van der Waals surface area contributed by atoms with Crippen LogP contribution in [0, 0.1) is 0 Å². The molecular formula is C20H21F3N2O3. The summed E-state index contributed by atoms with van der Waals surface area (Å²) >= 11 is 0. The van der Waals surface area contributed by atoms with Crippen LogP contribution in [0.5, 0.6) is 5.75 Å². The standard InChI is InChI=1S/C20H21F3N2O3/c1-12(2)15-6-4-5-7-18(15)28-11-19(27)25-17-9-8-14(24-13(3)26)10-16(17)20(21,22)23/h4-10,12H,11H2,1-3H3,(H,24,26)(H,25,27). The van der Waals surface area contributed by atoms with Crippen LogP contribution in [-0.4, -0.2) is 18.4 Å². The highest BCUT2D eigenvalue weighted by Gasteiger charge is 2.34. The zero-order valence-electron chi connectivity index (χ0n) is 15.7. The van der Waals surface area contributed by atoms with Crippen LogP contribution in [0.2, 0.25) is 0 Å². The maximum atomic E-state index is 13.3. The minimum Gasteiger partial charge on any atom is -0.483 e. The average Bonchev–Trinajstić information content (AvgIpc) is 2.60. The van der Waals surface area contributed by atoms with Gasteiger partial charge >= 0.3 is 6.18 Å². The van der Waals surface area contributed by atoms with Gasteiger partial charge in [0.2, 0.25) is 5.91 Å². The number of halogens is 3. The summed E-state index contributed by atoms with van der Waals surface area (Å²) in [6.45, 7) is 4.69. The molecule has 5 nitrogen and oxygen atoms in total. The minimum absolute atomic E-state index is 0.0139. The molecule has 0 fully saturated rings. The van der Waals surface area contributed by atoms with Crippen molar-refractivity contribution >= 4 is 23.2 Å². The van der Waals surface area contributed by atoms with Gasteiger partial charge in [-0.3, -0.25) is 9.59 Å². The average molecular weight is 394 g/mol. The van der Waals surface area contributed by atoms with Gasteiger partial charge in [0, 0.05) is 12.6 Å². The van der Waals surface area contributed by atoms with E-state index in [4.69, 9.17) is 4.74 Å². The third kappa shape index (κ3) is 5.73. The third-order valence-corrected chi connectivity index (χ3v) is 3.82. The zero-order chi connectivity index (χ0) is 20.9. The molecule has 0 spiro atoms. The number of para-hydroxylation sites is 1. The van der Waals surface area contributed by atoms with Gasteiger partial charge in [-0.1, -0.05) is 32.0 Å². The van der Waals surface area contributed by atoms with Gasteiger partial charge in [0.1, 0.15) is 5.75 Å². The number of ether oxygens (including phenoxy) is 1. The minimum atomic E-state index is -4.71. The molecule has 0 saturated carbocycles. The first kappa shape index (κ1) is 21.3. The van der Waals surface area contributed by atoms with Crippen LogP contribution >= 0.6 is 0 Å². The number of hydrogen-bond acceptors (Lipinski definition) is 3. The molecule has 0 aliphatic heterocycles. The molecule has 150 valence electrons. The smallest absolute Gasteiger partial charge is 0.418 e. The summed E-state index contributed by atoms with van der Waals surface area (Å²) in [6.07, 6.45) is -4.71. The van der Waals surface area contributed by atoms with Gasteiger partial charge in [0.25, 0.3) is 5.91 Å². The molecule has 0 aliphatic rings. The van der Waals surface area contributed by atoms with Gasteiger partial charge in [-0.15, -0.1) is 0 Å². The molecule has 0 saturated heterocycles. The van der Waals surface area contributed by atoms with E-state index in [9.17, 15) is 22.8 Å². The molecule has 2 aromatic rings. The molecule has 2 aromatic carbocycles. The highest BCUT2D eigenvalue weighted by atomic mass is 19.4. The molecule has 0 unspecified atom stereocenters. The first-order chi connectivity index (χ1) is 13.1. The fraction of sp³-hybridized carbons (Fsp3) is 0.300. The molecule has 0 atom stereocenters. The third-order valence-electron chi connectivity index (χ3n) is 3.82. The maximum absolute atomic E-state index is 13.3. The van der Waals surface area contributed by atoms with Crippen molar-refractivity contribution < 1.29 is 27.5 Å². The summed E-state index contributed by atoms with van der Waals surface area (Å²) in [5.41, 5.74) is -0.590. The van der Waals surface area contributed by atoms with Crippen molar-refractivity contribution in [3.8, 4) is 5.75 Å². The van der Waals surface area contributed by atoms with Crippen LogP contribution in [0.1, 0.15) is 37.8 Å². The summed E-state index contributed by atoms with van der Waals surface area (Å²) in [5.74, 6) is -0.555. The van der Waals surface area contributed by atoms with Crippen LogP contribution < -0.4 is 15.4 Å². The monoisotopic (exact) mass is 394 g/mol. The van der Waals surface area contributed by atoms with E-state index in [1.165, 1.54) is 13.0 Å². The number of hydrogen-bond donors (Lipinski definition) is 2. The molecule has 2 N–H and O–H groups in total. The topological polar surface area (TPSA) is 67.4 Å². The Kier molecular flexibility index (Phi) is 6.66. The fourth-order valence-electron chi connectivity index (χ4n) is 2.59. The van der Waals surface area contributed by atoms with Crippen molar-refractivity contribution in [2.75, 3.05) is 17.2 Å². The van der Waals surface area contributed by atoms with Gasteiger partial charge < -0.3 is 15.4 Å². The van der Waals surface area contributed by atoms with E-state index < -0.39 is 35.8 Å². The van der Waals surface area contributed by atoms with Gasteiger partial charge in [-0.25, -0.2) is 0 Å². The number of carbonyl (C=O) groups is 2. The summed E-state index contributed by atoms with van der Waals surface area (Å²) < 4.78 is 45.4. The predicted molar refractivity (Wildman–Crippen MR) is 100 cm³/mol. The second-order valence-corrected chi connectivity index (χ2v) is 6.47. The number of alkyl halides is 3. The fourth-order valence-corrected chi connectivity index (χ4v) is 2.59. The highest BCUT2D eigenvalue weighted by Crippen LogP contribution is 2.36. The van der Waals surface area contributed by atoms with Crippen molar-refractivity contribution in [1.29, 1.82) is 0 Å². The lowest BCUT2D eigenvalue weighted by Gasteiger charge is -2.17. The molecule has 2 amide bonds. The Balaban J connectivity index is 2.14. The lowest BCUT2D eigenvalue weighted by atomic mass is 10.0. The van der Waals surface area contributed by atoms with Crippen LogP contribution in [-0.2, 0) is 15.8 Å². The van der Waals surface area contributed by atoms with E-state index in [-0.39, 0.29) is 11.6 Å². The zero-order valence-corrected chi connectivity index (χ0v) is 15.7. The van der Waals surface area contributed by atoms with Crippen LogP contribution in [0.4, 0.5) is 24.5 Å². The van der Waals surface area contributed by atoms with Gasteiger partial charge in [-0.2, -0.15) is 13.2 Å². The Bertz CT molecular complexity index is 864. The lowest BCUT2D eigenvalue weighted by molar-refractivity contribution is -0.137. The largest absolute Gasteiger partial charge is 0.483 e.